The van der Waals surface area contributed by atoms with E-state index in [4.69, 9.17) is 0 Å². The van der Waals surface area contributed by atoms with Gasteiger partial charge in [0.15, 0.2) is 0 Å². The molecule has 29 heavy (non-hydrogen) atoms. The summed E-state index contributed by atoms with van der Waals surface area (Å²) in [5.74, 6) is -0.378. The molecule has 1 atom stereocenters. The molecule has 0 fully saturated rings. The lowest BCUT2D eigenvalue weighted by molar-refractivity contribution is -0.137. The molecule has 0 aliphatic carbocycles. The summed E-state index contributed by atoms with van der Waals surface area (Å²) in [7, 11) is 0. The number of nitrogens with one attached hydrogen (secondary N) is 1. The molecule has 7 heteroatoms. The van der Waals surface area contributed by atoms with Crippen LogP contribution in [-0.2, 0) is 22.2 Å². The molecule has 152 valence electrons. The molecule has 2 aromatic carbocycles. The maximum atomic E-state index is 12.6. The number of fused-ring (bicyclic) bond motifs is 1. The molecule has 0 bridgehead atoms. The van der Waals surface area contributed by atoms with E-state index in [2.05, 4.69) is 5.32 Å². The Morgan fingerprint density at radius 1 is 1.07 bits per heavy atom. The summed E-state index contributed by atoms with van der Waals surface area (Å²) in [4.78, 5) is 25.9. The van der Waals surface area contributed by atoms with Gasteiger partial charge in [-0.05, 0) is 41.3 Å². The van der Waals surface area contributed by atoms with Crippen LogP contribution < -0.4 is 5.32 Å². The molecule has 2 amide bonds. The number of benzene rings is 2. The van der Waals surface area contributed by atoms with Crippen molar-refractivity contribution < 1.29 is 22.8 Å². The van der Waals surface area contributed by atoms with Crippen molar-refractivity contribution in [2.24, 2.45) is 0 Å². The molecule has 1 unspecified atom stereocenters. The second-order valence-corrected chi connectivity index (χ2v) is 6.89. The fraction of sp³-hybridized carbons (Fsp3) is 0.273. The third-order valence-corrected chi connectivity index (χ3v) is 4.86. The lowest BCUT2D eigenvalue weighted by Crippen LogP contribution is -2.35. The smallest absolute Gasteiger partial charge is 0.356 e. The second-order valence-electron chi connectivity index (χ2n) is 6.89. The molecule has 0 saturated heterocycles. The lowest BCUT2D eigenvalue weighted by Gasteiger charge is -2.32. The van der Waals surface area contributed by atoms with E-state index < -0.39 is 11.7 Å². The topological polar surface area (TPSA) is 49.4 Å². The monoisotopic (exact) mass is 402 g/mol. The standard InChI is InChI=1S/C22H21F3N2O2/c1-15(28)27-13-11-17-4-2-3-5-19(17)20(27)14-21(29)26-12-10-16-6-8-18(9-7-16)22(23,24)25/h2-9,11,13,20H,10,12,14H2,1H3,(H,26,29). The number of alkyl halides is 3. The second kappa shape index (κ2) is 8.51. The van der Waals surface area contributed by atoms with Crippen LogP contribution in [-0.4, -0.2) is 23.3 Å². The third-order valence-electron chi connectivity index (χ3n) is 4.86. The van der Waals surface area contributed by atoms with Gasteiger partial charge in [0.05, 0.1) is 18.0 Å². The molecule has 1 aliphatic heterocycles. The van der Waals surface area contributed by atoms with E-state index >= 15 is 0 Å². The number of hydrogen-bond donors (Lipinski definition) is 1. The van der Waals surface area contributed by atoms with Crippen LogP contribution in [0.1, 0.15) is 41.6 Å². The molecule has 3 rings (SSSR count). The van der Waals surface area contributed by atoms with Crippen molar-refractivity contribution in [2.45, 2.75) is 32.0 Å². The Balaban J connectivity index is 1.58. The van der Waals surface area contributed by atoms with Crippen LogP contribution in [0.5, 0.6) is 0 Å². The number of rotatable bonds is 5. The number of carbonyl (C=O) groups is 2. The molecule has 0 spiro atoms. The predicted molar refractivity (Wildman–Crippen MR) is 104 cm³/mol. The highest BCUT2D eigenvalue weighted by atomic mass is 19.4. The van der Waals surface area contributed by atoms with Gasteiger partial charge >= 0.3 is 6.18 Å². The van der Waals surface area contributed by atoms with Gasteiger partial charge in [-0.15, -0.1) is 0 Å². The number of nitrogens with zero attached hydrogens (tertiary/aromatic N) is 1. The number of halogens is 3. The molecule has 1 N–H and O–H groups in total. The first-order valence-electron chi connectivity index (χ1n) is 9.24. The van der Waals surface area contributed by atoms with Crippen LogP contribution in [0.3, 0.4) is 0 Å². The van der Waals surface area contributed by atoms with E-state index in [1.807, 2.05) is 30.3 Å². The summed E-state index contributed by atoms with van der Waals surface area (Å²) in [6.45, 7) is 1.75. The molecule has 1 heterocycles. The van der Waals surface area contributed by atoms with Crippen molar-refractivity contribution in [3.05, 3.63) is 77.0 Å². The summed E-state index contributed by atoms with van der Waals surface area (Å²) in [5, 5.41) is 2.79. The minimum atomic E-state index is -4.36. The van der Waals surface area contributed by atoms with Crippen LogP contribution in [0, 0.1) is 0 Å². The number of hydrogen-bond acceptors (Lipinski definition) is 2. The highest BCUT2D eigenvalue weighted by Crippen LogP contribution is 2.33. The molecule has 0 aromatic heterocycles. The Bertz CT molecular complexity index is 920. The Morgan fingerprint density at radius 3 is 2.41 bits per heavy atom. The van der Waals surface area contributed by atoms with Crippen molar-refractivity contribution in [1.29, 1.82) is 0 Å². The van der Waals surface area contributed by atoms with Gasteiger partial charge in [-0.25, -0.2) is 0 Å². The Hall–Kier alpha value is -3.09. The maximum Gasteiger partial charge on any atom is 0.416 e. The molecule has 4 nitrogen and oxygen atoms in total. The highest BCUT2D eigenvalue weighted by molar-refractivity contribution is 5.81. The maximum absolute atomic E-state index is 12.6. The first kappa shape index (κ1) is 20.6. The molecule has 0 radical (unpaired) electrons. The third kappa shape index (κ3) is 5.04. The average Bonchev–Trinajstić information content (AvgIpc) is 2.67. The quantitative estimate of drug-likeness (QED) is 0.810. The zero-order valence-corrected chi connectivity index (χ0v) is 15.9. The molecule has 0 saturated carbocycles. The predicted octanol–water partition coefficient (Wildman–Crippen LogP) is 4.33. The van der Waals surface area contributed by atoms with Crippen LogP contribution in [0.2, 0.25) is 0 Å². The lowest BCUT2D eigenvalue weighted by atomic mass is 9.93. The summed E-state index contributed by atoms with van der Waals surface area (Å²) in [6, 6.07) is 12.1. The first-order chi connectivity index (χ1) is 13.8. The fourth-order valence-electron chi connectivity index (χ4n) is 3.37. The minimum Gasteiger partial charge on any atom is -0.356 e. The van der Waals surface area contributed by atoms with Crippen LogP contribution in [0.4, 0.5) is 13.2 Å². The zero-order chi connectivity index (χ0) is 21.0. The van der Waals surface area contributed by atoms with Crippen LogP contribution >= 0.6 is 0 Å². The van der Waals surface area contributed by atoms with E-state index in [-0.39, 0.29) is 24.3 Å². The van der Waals surface area contributed by atoms with Gasteiger partial charge in [0, 0.05) is 19.7 Å². The van der Waals surface area contributed by atoms with E-state index in [0.29, 0.717) is 18.5 Å². The summed E-state index contributed by atoms with van der Waals surface area (Å²) in [5.41, 5.74) is 1.88. The average molecular weight is 402 g/mol. The summed E-state index contributed by atoms with van der Waals surface area (Å²) in [6.07, 6.45) is -0.309. The molecule has 2 aromatic rings. The van der Waals surface area contributed by atoms with Crippen molar-refractivity contribution in [1.82, 2.24) is 10.2 Å². The van der Waals surface area contributed by atoms with Crippen molar-refractivity contribution in [3.63, 3.8) is 0 Å². The van der Waals surface area contributed by atoms with Crippen LogP contribution in [0.25, 0.3) is 6.08 Å². The van der Waals surface area contributed by atoms with E-state index in [1.165, 1.54) is 24.0 Å². The van der Waals surface area contributed by atoms with Gasteiger partial charge in [0.1, 0.15) is 0 Å². The minimum absolute atomic E-state index is 0.105. The van der Waals surface area contributed by atoms with E-state index in [1.54, 1.807) is 6.20 Å². The Morgan fingerprint density at radius 2 is 1.76 bits per heavy atom. The fourth-order valence-corrected chi connectivity index (χ4v) is 3.37. The summed E-state index contributed by atoms with van der Waals surface area (Å²) >= 11 is 0. The van der Waals surface area contributed by atoms with Crippen molar-refractivity contribution in [2.75, 3.05) is 6.54 Å². The molecular weight excluding hydrogens is 381 g/mol. The number of amides is 2. The largest absolute Gasteiger partial charge is 0.416 e. The van der Waals surface area contributed by atoms with E-state index in [0.717, 1.165) is 23.3 Å². The van der Waals surface area contributed by atoms with Gasteiger partial charge in [-0.2, -0.15) is 13.2 Å². The Labute approximate surface area is 167 Å². The molecular formula is C22H21F3N2O2. The van der Waals surface area contributed by atoms with E-state index in [9.17, 15) is 22.8 Å². The van der Waals surface area contributed by atoms with Crippen molar-refractivity contribution >= 4 is 17.9 Å². The molecule has 1 aliphatic rings. The van der Waals surface area contributed by atoms with Gasteiger partial charge in [0.25, 0.3) is 0 Å². The number of carbonyl (C=O) groups excluding carboxylic acids is 2. The van der Waals surface area contributed by atoms with Crippen LogP contribution in [0.15, 0.2) is 54.7 Å². The van der Waals surface area contributed by atoms with Gasteiger partial charge in [0.2, 0.25) is 11.8 Å². The normalized spacial score (nSPS) is 15.7. The van der Waals surface area contributed by atoms with Gasteiger partial charge in [-0.3, -0.25) is 9.59 Å². The SMILES string of the molecule is CC(=O)N1C=Cc2ccccc2C1CC(=O)NCCc1ccc(C(F)(F)F)cc1. The zero-order valence-electron chi connectivity index (χ0n) is 15.9. The van der Waals surface area contributed by atoms with Crippen molar-refractivity contribution in [3.8, 4) is 0 Å². The van der Waals surface area contributed by atoms with Gasteiger partial charge in [-0.1, -0.05) is 36.4 Å². The summed E-state index contributed by atoms with van der Waals surface area (Å²) < 4.78 is 37.8. The Kier molecular flexibility index (Phi) is 6.06. The highest BCUT2D eigenvalue weighted by Gasteiger charge is 2.30. The van der Waals surface area contributed by atoms with Gasteiger partial charge < -0.3 is 10.2 Å². The first-order valence-corrected chi connectivity index (χ1v) is 9.24.